The van der Waals surface area contributed by atoms with Gasteiger partial charge in [-0.15, -0.1) is 0 Å². The Morgan fingerprint density at radius 2 is 2.22 bits per heavy atom. The molecule has 0 bridgehead atoms. The quantitative estimate of drug-likeness (QED) is 0.898. The van der Waals surface area contributed by atoms with Crippen LogP contribution < -0.4 is 5.32 Å². The second kappa shape index (κ2) is 5.12. The van der Waals surface area contributed by atoms with Gasteiger partial charge in [0.15, 0.2) is 0 Å². The lowest BCUT2D eigenvalue weighted by Crippen LogP contribution is -2.36. The van der Waals surface area contributed by atoms with Gasteiger partial charge in [-0.05, 0) is 31.4 Å². The molecule has 1 aliphatic rings. The minimum Gasteiger partial charge on any atom is -0.460 e. The first-order chi connectivity index (χ1) is 8.86. The summed E-state index contributed by atoms with van der Waals surface area (Å²) >= 11 is 0. The Labute approximate surface area is 107 Å². The van der Waals surface area contributed by atoms with E-state index in [0.717, 1.165) is 24.3 Å². The van der Waals surface area contributed by atoms with Crippen molar-refractivity contribution in [2.45, 2.75) is 38.0 Å². The number of hydrogen-bond donors (Lipinski definition) is 1. The summed E-state index contributed by atoms with van der Waals surface area (Å²) in [5.74, 6) is 0.998. The van der Waals surface area contributed by atoms with Crippen LogP contribution in [-0.4, -0.2) is 19.3 Å². The predicted molar refractivity (Wildman–Crippen MR) is 71.5 cm³/mol. The molecule has 2 unspecified atom stereocenters. The monoisotopic (exact) mass is 245 g/mol. The van der Waals surface area contributed by atoms with Crippen LogP contribution in [0.4, 0.5) is 0 Å². The molecule has 1 saturated carbocycles. The van der Waals surface area contributed by atoms with Crippen molar-refractivity contribution < 1.29 is 9.15 Å². The van der Waals surface area contributed by atoms with Crippen molar-refractivity contribution in [3.05, 3.63) is 36.1 Å². The summed E-state index contributed by atoms with van der Waals surface area (Å²) in [6, 6.07) is 10.7. The second-order valence-corrected chi connectivity index (χ2v) is 4.94. The zero-order chi connectivity index (χ0) is 12.4. The van der Waals surface area contributed by atoms with Gasteiger partial charge >= 0.3 is 0 Å². The lowest BCUT2D eigenvalue weighted by Gasteiger charge is -2.18. The van der Waals surface area contributed by atoms with Crippen molar-refractivity contribution in [3.63, 3.8) is 0 Å². The number of benzene rings is 1. The Kier molecular flexibility index (Phi) is 3.35. The van der Waals surface area contributed by atoms with E-state index in [1.54, 1.807) is 7.11 Å². The number of para-hydroxylation sites is 1. The molecule has 96 valence electrons. The number of nitrogens with one attached hydrogen (secondary N) is 1. The molecule has 0 saturated heterocycles. The number of furan rings is 1. The van der Waals surface area contributed by atoms with Crippen LogP contribution in [-0.2, 0) is 11.3 Å². The maximum Gasteiger partial charge on any atom is 0.134 e. The Morgan fingerprint density at radius 3 is 3.06 bits per heavy atom. The third-order valence-electron chi connectivity index (χ3n) is 3.77. The van der Waals surface area contributed by atoms with Crippen LogP contribution >= 0.6 is 0 Å². The van der Waals surface area contributed by atoms with Crippen molar-refractivity contribution in [3.8, 4) is 0 Å². The van der Waals surface area contributed by atoms with Gasteiger partial charge in [0.1, 0.15) is 11.3 Å². The zero-order valence-corrected chi connectivity index (χ0v) is 10.7. The van der Waals surface area contributed by atoms with Gasteiger partial charge in [-0.25, -0.2) is 0 Å². The summed E-state index contributed by atoms with van der Waals surface area (Å²) in [6.07, 6.45) is 3.96. The molecule has 1 aromatic carbocycles. The number of rotatable bonds is 4. The summed E-state index contributed by atoms with van der Waals surface area (Å²) in [5.41, 5.74) is 0.962. The van der Waals surface area contributed by atoms with E-state index in [9.17, 15) is 0 Å². The average Bonchev–Trinajstić information content (AvgIpc) is 3.01. The fraction of sp³-hybridized carbons (Fsp3) is 0.467. The Morgan fingerprint density at radius 1 is 1.33 bits per heavy atom. The normalized spacial score (nSPS) is 23.8. The average molecular weight is 245 g/mol. The standard InChI is InChI=1S/C15H19NO2/c1-17-15-8-4-6-13(15)16-10-12-9-11-5-2-3-7-14(11)18-12/h2-3,5,7,9,13,15-16H,4,6,8,10H2,1H3. The highest BCUT2D eigenvalue weighted by Crippen LogP contribution is 2.23. The number of fused-ring (bicyclic) bond motifs is 1. The molecule has 0 amide bonds. The molecule has 3 heteroatoms. The van der Waals surface area contributed by atoms with Crippen molar-refractivity contribution in [1.82, 2.24) is 5.32 Å². The summed E-state index contributed by atoms with van der Waals surface area (Å²) in [5, 5.41) is 4.71. The summed E-state index contributed by atoms with van der Waals surface area (Å²) < 4.78 is 11.3. The van der Waals surface area contributed by atoms with Crippen LogP contribution in [0.25, 0.3) is 11.0 Å². The van der Waals surface area contributed by atoms with Gasteiger partial charge < -0.3 is 14.5 Å². The lowest BCUT2D eigenvalue weighted by molar-refractivity contribution is 0.0842. The summed E-state index contributed by atoms with van der Waals surface area (Å²) in [4.78, 5) is 0. The highest BCUT2D eigenvalue weighted by atomic mass is 16.5. The topological polar surface area (TPSA) is 34.4 Å². The first kappa shape index (κ1) is 11.8. The third kappa shape index (κ3) is 2.28. The number of methoxy groups -OCH3 is 1. The van der Waals surface area contributed by atoms with Crippen LogP contribution in [0.1, 0.15) is 25.0 Å². The van der Waals surface area contributed by atoms with E-state index in [1.807, 2.05) is 18.2 Å². The third-order valence-corrected chi connectivity index (χ3v) is 3.77. The molecule has 0 aliphatic heterocycles. The molecular weight excluding hydrogens is 226 g/mol. The van der Waals surface area contributed by atoms with Crippen LogP contribution in [0.3, 0.4) is 0 Å². The van der Waals surface area contributed by atoms with E-state index in [-0.39, 0.29) is 0 Å². The van der Waals surface area contributed by atoms with E-state index in [0.29, 0.717) is 12.1 Å². The molecule has 18 heavy (non-hydrogen) atoms. The minimum atomic E-state index is 0.356. The van der Waals surface area contributed by atoms with E-state index in [4.69, 9.17) is 9.15 Å². The Hall–Kier alpha value is -1.32. The molecule has 2 atom stereocenters. The molecule has 3 rings (SSSR count). The van der Waals surface area contributed by atoms with Crippen molar-refractivity contribution in [1.29, 1.82) is 0 Å². The van der Waals surface area contributed by atoms with Crippen molar-refractivity contribution in [2.75, 3.05) is 7.11 Å². The largest absolute Gasteiger partial charge is 0.460 e. The molecule has 1 fully saturated rings. The molecule has 1 aliphatic carbocycles. The first-order valence-corrected chi connectivity index (χ1v) is 6.60. The smallest absolute Gasteiger partial charge is 0.134 e. The maximum atomic E-state index is 5.79. The minimum absolute atomic E-state index is 0.356. The lowest BCUT2D eigenvalue weighted by atomic mass is 10.2. The van der Waals surface area contributed by atoms with Crippen LogP contribution in [0, 0.1) is 0 Å². The molecule has 1 heterocycles. The number of hydrogen-bond acceptors (Lipinski definition) is 3. The molecule has 0 spiro atoms. The summed E-state index contributed by atoms with van der Waals surface area (Å²) in [7, 11) is 1.80. The summed E-state index contributed by atoms with van der Waals surface area (Å²) in [6.45, 7) is 0.777. The van der Waals surface area contributed by atoms with Crippen LogP contribution in [0.5, 0.6) is 0 Å². The fourth-order valence-corrected chi connectivity index (χ4v) is 2.80. The molecule has 1 aromatic heterocycles. The van der Waals surface area contributed by atoms with Crippen molar-refractivity contribution in [2.24, 2.45) is 0 Å². The first-order valence-electron chi connectivity index (χ1n) is 6.60. The second-order valence-electron chi connectivity index (χ2n) is 4.94. The molecular formula is C15H19NO2. The maximum absolute atomic E-state index is 5.79. The van der Waals surface area contributed by atoms with E-state index in [2.05, 4.69) is 17.4 Å². The zero-order valence-electron chi connectivity index (χ0n) is 10.7. The highest BCUT2D eigenvalue weighted by molar-refractivity contribution is 5.77. The van der Waals surface area contributed by atoms with Gasteiger partial charge in [-0.2, -0.15) is 0 Å². The fourth-order valence-electron chi connectivity index (χ4n) is 2.80. The van der Waals surface area contributed by atoms with Gasteiger partial charge in [-0.3, -0.25) is 0 Å². The predicted octanol–water partition coefficient (Wildman–Crippen LogP) is 3.09. The molecule has 2 aromatic rings. The molecule has 0 radical (unpaired) electrons. The van der Waals surface area contributed by atoms with E-state index >= 15 is 0 Å². The number of ether oxygens (including phenoxy) is 1. The van der Waals surface area contributed by atoms with Gasteiger partial charge in [0, 0.05) is 18.5 Å². The van der Waals surface area contributed by atoms with E-state index in [1.165, 1.54) is 18.2 Å². The Balaban J connectivity index is 1.66. The van der Waals surface area contributed by atoms with Crippen LogP contribution in [0.2, 0.25) is 0 Å². The highest BCUT2D eigenvalue weighted by Gasteiger charge is 2.26. The van der Waals surface area contributed by atoms with Gasteiger partial charge in [0.25, 0.3) is 0 Å². The SMILES string of the molecule is COC1CCCC1NCc1cc2ccccc2o1. The molecule has 3 nitrogen and oxygen atoms in total. The Bertz CT molecular complexity index is 487. The van der Waals surface area contributed by atoms with Gasteiger partial charge in [0.2, 0.25) is 0 Å². The van der Waals surface area contributed by atoms with Crippen molar-refractivity contribution >= 4 is 11.0 Å². The van der Waals surface area contributed by atoms with Gasteiger partial charge in [0.05, 0.1) is 12.6 Å². The van der Waals surface area contributed by atoms with Crippen LogP contribution in [0.15, 0.2) is 34.7 Å². The van der Waals surface area contributed by atoms with Gasteiger partial charge in [-0.1, -0.05) is 18.2 Å². The molecule has 1 N–H and O–H groups in total. The van der Waals surface area contributed by atoms with E-state index < -0.39 is 0 Å².